The second kappa shape index (κ2) is 5.77. The highest BCUT2D eigenvalue weighted by Gasteiger charge is 2.17. The van der Waals surface area contributed by atoms with Gasteiger partial charge in [-0.3, -0.25) is 9.59 Å². The largest absolute Gasteiger partial charge is 0.358 e. The van der Waals surface area contributed by atoms with Crippen molar-refractivity contribution in [2.24, 2.45) is 0 Å². The van der Waals surface area contributed by atoms with Crippen molar-refractivity contribution in [3.63, 3.8) is 0 Å². The number of nitrogens with zero attached hydrogens (tertiary/aromatic N) is 1. The first kappa shape index (κ1) is 13.6. The molecule has 0 saturated heterocycles. The van der Waals surface area contributed by atoms with Gasteiger partial charge in [-0.1, -0.05) is 15.9 Å². The zero-order chi connectivity index (χ0) is 13.0. The van der Waals surface area contributed by atoms with E-state index in [-0.39, 0.29) is 18.0 Å². The topological polar surface area (TPSA) is 49.4 Å². The first-order chi connectivity index (χ1) is 7.95. The molecule has 0 spiro atoms. The molecule has 0 aliphatic heterocycles. The zero-order valence-corrected chi connectivity index (χ0v) is 11.0. The molecule has 0 aliphatic carbocycles. The maximum Gasteiger partial charge on any atom is 0.257 e. The molecule has 4 nitrogen and oxygen atoms in total. The number of likely N-dealkylation sites (N-methyl/N-ethyl adjacent to an activating group) is 2. The summed E-state index contributed by atoms with van der Waals surface area (Å²) in [6.45, 7) is -0.106. The van der Waals surface area contributed by atoms with Crippen LogP contribution in [0.4, 0.5) is 4.39 Å². The van der Waals surface area contributed by atoms with Gasteiger partial charge in [0.2, 0.25) is 5.91 Å². The molecular formula is C11H12BrFN2O2. The SMILES string of the molecule is CNC(=O)CN(C)C(=O)c1ccc(Br)cc1F. The highest BCUT2D eigenvalue weighted by atomic mass is 79.9. The summed E-state index contributed by atoms with van der Waals surface area (Å²) in [5, 5.41) is 2.39. The summed E-state index contributed by atoms with van der Waals surface area (Å²) < 4.78 is 14.1. The number of hydrogen-bond acceptors (Lipinski definition) is 2. The van der Waals surface area contributed by atoms with Crippen LogP contribution in [-0.4, -0.2) is 37.4 Å². The molecular weight excluding hydrogens is 291 g/mol. The fourth-order valence-electron chi connectivity index (χ4n) is 1.23. The molecule has 0 fully saturated rings. The van der Waals surface area contributed by atoms with Crippen LogP contribution in [0.15, 0.2) is 22.7 Å². The minimum atomic E-state index is -0.617. The average molecular weight is 303 g/mol. The summed E-state index contributed by atoms with van der Waals surface area (Å²) in [5.74, 6) is -1.45. The number of hydrogen-bond donors (Lipinski definition) is 1. The summed E-state index contributed by atoms with van der Waals surface area (Å²) in [5.41, 5.74) is -0.0559. The van der Waals surface area contributed by atoms with E-state index in [4.69, 9.17) is 0 Å². The van der Waals surface area contributed by atoms with Gasteiger partial charge in [0.05, 0.1) is 12.1 Å². The van der Waals surface area contributed by atoms with E-state index in [9.17, 15) is 14.0 Å². The first-order valence-corrected chi connectivity index (χ1v) is 5.66. The van der Waals surface area contributed by atoms with E-state index in [1.807, 2.05) is 0 Å². The molecule has 0 aromatic heterocycles. The summed E-state index contributed by atoms with van der Waals surface area (Å²) in [7, 11) is 2.92. The van der Waals surface area contributed by atoms with Gasteiger partial charge >= 0.3 is 0 Å². The van der Waals surface area contributed by atoms with Crippen LogP contribution in [0.3, 0.4) is 0 Å². The number of benzene rings is 1. The van der Waals surface area contributed by atoms with Crippen LogP contribution in [0.2, 0.25) is 0 Å². The van der Waals surface area contributed by atoms with Crippen LogP contribution in [-0.2, 0) is 4.79 Å². The van der Waals surface area contributed by atoms with Crippen molar-refractivity contribution in [2.45, 2.75) is 0 Å². The number of nitrogens with one attached hydrogen (secondary N) is 1. The Labute approximate surface area is 107 Å². The van der Waals surface area contributed by atoms with Crippen LogP contribution in [0.1, 0.15) is 10.4 Å². The lowest BCUT2D eigenvalue weighted by Gasteiger charge is -2.16. The van der Waals surface area contributed by atoms with E-state index in [0.717, 1.165) is 4.90 Å². The molecule has 1 aromatic rings. The monoisotopic (exact) mass is 302 g/mol. The average Bonchev–Trinajstić information content (AvgIpc) is 2.28. The molecule has 6 heteroatoms. The number of halogens is 2. The van der Waals surface area contributed by atoms with Gasteiger partial charge in [0.25, 0.3) is 5.91 Å². The van der Waals surface area contributed by atoms with Crippen LogP contribution in [0.5, 0.6) is 0 Å². The van der Waals surface area contributed by atoms with E-state index >= 15 is 0 Å². The lowest BCUT2D eigenvalue weighted by atomic mass is 10.2. The first-order valence-electron chi connectivity index (χ1n) is 4.86. The normalized spacial score (nSPS) is 9.88. The third kappa shape index (κ3) is 3.52. The standard InChI is InChI=1S/C11H12BrFN2O2/c1-14-10(16)6-15(2)11(17)8-4-3-7(12)5-9(8)13/h3-5H,6H2,1-2H3,(H,14,16). The fraction of sp³-hybridized carbons (Fsp3) is 0.273. The van der Waals surface area contributed by atoms with Crippen molar-refractivity contribution >= 4 is 27.7 Å². The summed E-state index contributed by atoms with van der Waals surface area (Å²) >= 11 is 3.10. The van der Waals surface area contributed by atoms with Gasteiger partial charge in [-0.15, -0.1) is 0 Å². The minimum Gasteiger partial charge on any atom is -0.358 e. The predicted octanol–water partition coefficient (Wildman–Crippen LogP) is 1.41. The van der Waals surface area contributed by atoms with Gasteiger partial charge in [0.15, 0.2) is 0 Å². The van der Waals surface area contributed by atoms with Gasteiger partial charge in [-0.05, 0) is 18.2 Å². The second-order valence-corrected chi connectivity index (χ2v) is 4.37. The Morgan fingerprint density at radius 2 is 2.12 bits per heavy atom. The number of rotatable bonds is 3. The van der Waals surface area contributed by atoms with Crippen molar-refractivity contribution in [2.75, 3.05) is 20.6 Å². The summed E-state index contributed by atoms with van der Waals surface area (Å²) in [6, 6.07) is 4.16. The van der Waals surface area contributed by atoms with E-state index in [1.165, 1.54) is 26.2 Å². The molecule has 17 heavy (non-hydrogen) atoms. The van der Waals surface area contributed by atoms with Gasteiger partial charge in [0.1, 0.15) is 5.82 Å². The second-order valence-electron chi connectivity index (χ2n) is 3.46. The predicted molar refractivity (Wildman–Crippen MR) is 65.1 cm³/mol. The third-order valence-corrected chi connectivity index (χ3v) is 2.66. The Morgan fingerprint density at radius 3 is 2.65 bits per heavy atom. The number of carbonyl (C=O) groups is 2. The quantitative estimate of drug-likeness (QED) is 0.918. The maximum absolute atomic E-state index is 13.5. The van der Waals surface area contributed by atoms with E-state index < -0.39 is 11.7 Å². The third-order valence-electron chi connectivity index (χ3n) is 2.17. The maximum atomic E-state index is 13.5. The molecule has 92 valence electrons. The van der Waals surface area contributed by atoms with E-state index in [1.54, 1.807) is 6.07 Å². The molecule has 0 aliphatic rings. The minimum absolute atomic E-state index is 0.0559. The van der Waals surface area contributed by atoms with Crippen LogP contribution in [0, 0.1) is 5.82 Å². The van der Waals surface area contributed by atoms with Gasteiger partial charge < -0.3 is 10.2 Å². The van der Waals surface area contributed by atoms with Crippen molar-refractivity contribution < 1.29 is 14.0 Å². The molecule has 0 heterocycles. The molecule has 2 amide bonds. The van der Waals surface area contributed by atoms with Gasteiger partial charge in [-0.2, -0.15) is 0 Å². The lowest BCUT2D eigenvalue weighted by Crippen LogP contribution is -2.37. The molecule has 1 aromatic carbocycles. The molecule has 1 N–H and O–H groups in total. The van der Waals surface area contributed by atoms with Crippen molar-refractivity contribution in [1.82, 2.24) is 10.2 Å². The van der Waals surface area contributed by atoms with Gasteiger partial charge in [-0.25, -0.2) is 4.39 Å². The van der Waals surface area contributed by atoms with Gasteiger partial charge in [0, 0.05) is 18.6 Å². The van der Waals surface area contributed by atoms with Crippen molar-refractivity contribution in [1.29, 1.82) is 0 Å². The molecule has 0 bridgehead atoms. The fourth-order valence-corrected chi connectivity index (χ4v) is 1.57. The van der Waals surface area contributed by atoms with Crippen LogP contribution < -0.4 is 5.32 Å². The molecule has 0 atom stereocenters. The summed E-state index contributed by atoms with van der Waals surface area (Å²) in [6.07, 6.45) is 0. The molecule has 0 unspecified atom stereocenters. The Balaban J connectivity index is 2.85. The van der Waals surface area contributed by atoms with Crippen molar-refractivity contribution in [3.8, 4) is 0 Å². The highest BCUT2D eigenvalue weighted by Crippen LogP contribution is 2.16. The zero-order valence-electron chi connectivity index (χ0n) is 9.46. The Kier molecular flexibility index (Phi) is 4.62. The highest BCUT2D eigenvalue weighted by molar-refractivity contribution is 9.10. The lowest BCUT2D eigenvalue weighted by molar-refractivity contribution is -0.121. The number of carbonyl (C=O) groups excluding carboxylic acids is 2. The smallest absolute Gasteiger partial charge is 0.257 e. The van der Waals surface area contributed by atoms with E-state index in [2.05, 4.69) is 21.2 Å². The molecule has 0 saturated carbocycles. The Morgan fingerprint density at radius 1 is 1.47 bits per heavy atom. The Bertz CT molecular complexity index is 451. The van der Waals surface area contributed by atoms with Crippen LogP contribution in [0.25, 0.3) is 0 Å². The van der Waals surface area contributed by atoms with Crippen LogP contribution >= 0.6 is 15.9 Å². The van der Waals surface area contributed by atoms with E-state index in [0.29, 0.717) is 4.47 Å². The molecule has 0 radical (unpaired) electrons. The number of amides is 2. The van der Waals surface area contributed by atoms with Crippen molar-refractivity contribution in [3.05, 3.63) is 34.1 Å². The summed E-state index contributed by atoms with van der Waals surface area (Å²) in [4.78, 5) is 24.1. The molecule has 1 rings (SSSR count). The Hall–Kier alpha value is -1.43.